The Morgan fingerprint density at radius 3 is 2.36 bits per heavy atom. The molecule has 0 aromatic carbocycles. The lowest BCUT2D eigenvalue weighted by Gasteiger charge is -2.17. The van der Waals surface area contributed by atoms with Gasteiger partial charge in [0.15, 0.2) is 0 Å². The Bertz CT molecular complexity index is 134. The number of amides is 1. The van der Waals surface area contributed by atoms with E-state index < -0.39 is 0 Å². The Morgan fingerprint density at radius 1 is 1.14 bits per heavy atom. The minimum absolute atomic E-state index is 0.668. The van der Waals surface area contributed by atoms with Crippen molar-refractivity contribution in [2.24, 2.45) is 5.92 Å². The van der Waals surface area contributed by atoms with Gasteiger partial charge in [0.25, 0.3) is 0 Å². The van der Waals surface area contributed by atoms with Crippen LogP contribution in [0.4, 0.5) is 0 Å². The zero-order valence-electron chi connectivity index (χ0n) is 9.88. The minimum atomic E-state index is 0.668. The first kappa shape index (κ1) is 13.5. The van der Waals surface area contributed by atoms with Gasteiger partial charge in [0.1, 0.15) is 0 Å². The van der Waals surface area contributed by atoms with Gasteiger partial charge in [0.2, 0.25) is 0 Å². The summed E-state index contributed by atoms with van der Waals surface area (Å²) in [5.41, 5.74) is 0. The van der Waals surface area contributed by atoms with Crippen molar-refractivity contribution < 1.29 is 4.79 Å². The van der Waals surface area contributed by atoms with Crippen molar-refractivity contribution >= 4 is 6.41 Å². The Kier molecular flexibility index (Phi) is 8.70. The van der Waals surface area contributed by atoms with E-state index >= 15 is 0 Å². The lowest BCUT2D eigenvalue weighted by molar-refractivity contribution is 0.345. The molecular weight excluding hydrogens is 174 g/mol. The van der Waals surface area contributed by atoms with Gasteiger partial charge < -0.3 is 4.90 Å². The molecule has 14 heavy (non-hydrogen) atoms. The highest BCUT2D eigenvalue weighted by molar-refractivity contribution is 5.47. The second-order valence-corrected chi connectivity index (χ2v) is 4.32. The SMILES string of the molecule is CCCCCCN([C]=O)CCC(C)C. The zero-order chi connectivity index (χ0) is 10.8. The molecule has 0 spiro atoms. The molecule has 0 fully saturated rings. The molecule has 0 unspecified atom stereocenters. The molecule has 0 bridgehead atoms. The zero-order valence-corrected chi connectivity index (χ0v) is 9.88. The van der Waals surface area contributed by atoms with E-state index in [2.05, 4.69) is 20.8 Å². The van der Waals surface area contributed by atoms with E-state index in [1.54, 1.807) is 4.90 Å². The second kappa shape index (κ2) is 9.04. The number of hydrogen-bond donors (Lipinski definition) is 0. The molecule has 0 aromatic rings. The van der Waals surface area contributed by atoms with Crippen LogP contribution in [-0.4, -0.2) is 24.4 Å². The van der Waals surface area contributed by atoms with Crippen LogP contribution in [0.15, 0.2) is 0 Å². The lowest BCUT2D eigenvalue weighted by atomic mass is 10.1. The molecule has 2 heteroatoms. The monoisotopic (exact) mass is 198 g/mol. The van der Waals surface area contributed by atoms with Gasteiger partial charge in [-0.2, -0.15) is 0 Å². The smallest absolute Gasteiger partial charge is 0.312 e. The summed E-state index contributed by atoms with van der Waals surface area (Å²) in [5.74, 6) is 0.668. The molecule has 0 saturated heterocycles. The van der Waals surface area contributed by atoms with E-state index in [0.29, 0.717) is 5.92 Å². The van der Waals surface area contributed by atoms with E-state index in [9.17, 15) is 4.79 Å². The standard InChI is InChI=1S/C12H24NO/c1-4-5-6-7-9-13(11-14)10-8-12(2)3/h12H,4-10H2,1-3H3. The summed E-state index contributed by atoms with van der Waals surface area (Å²) in [5, 5.41) is 0. The minimum Gasteiger partial charge on any atom is -0.334 e. The number of carbonyl (C=O) groups excluding carboxylic acids is 1. The van der Waals surface area contributed by atoms with Crippen molar-refractivity contribution in [3.05, 3.63) is 0 Å². The predicted molar refractivity (Wildman–Crippen MR) is 60.9 cm³/mol. The maximum absolute atomic E-state index is 10.6. The molecule has 0 heterocycles. The Balaban J connectivity index is 3.43. The predicted octanol–water partition coefficient (Wildman–Crippen LogP) is 2.98. The molecule has 0 atom stereocenters. The van der Waals surface area contributed by atoms with Crippen LogP contribution in [0, 0.1) is 5.92 Å². The number of unbranched alkanes of at least 4 members (excludes halogenated alkanes) is 3. The molecule has 83 valence electrons. The van der Waals surface area contributed by atoms with Crippen molar-refractivity contribution in [3.63, 3.8) is 0 Å². The Hall–Kier alpha value is -0.530. The maximum atomic E-state index is 10.6. The Labute approximate surface area is 88.7 Å². The third-order valence-electron chi connectivity index (χ3n) is 2.39. The summed E-state index contributed by atoms with van der Waals surface area (Å²) < 4.78 is 0. The first-order valence-electron chi connectivity index (χ1n) is 5.83. The van der Waals surface area contributed by atoms with Crippen LogP contribution in [0.5, 0.6) is 0 Å². The highest BCUT2D eigenvalue weighted by atomic mass is 16.1. The van der Waals surface area contributed by atoms with Gasteiger partial charge in [-0.1, -0.05) is 40.0 Å². The molecule has 0 aliphatic rings. The maximum Gasteiger partial charge on any atom is 0.312 e. The van der Waals surface area contributed by atoms with Crippen molar-refractivity contribution in [2.45, 2.75) is 52.9 Å². The van der Waals surface area contributed by atoms with Crippen LogP contribution in [0.2, 0.25) is 0 Å². The van der Waals surface area contributed by atoms with Crippen LogP contribution >= 0.6 is 0 Å². The summed E-state index contributed by atoms with van der Waals surface area (Å²) in [6.45, 7) is 8.31. The van der Waals surface area contributed by atoms with Gasteiger partial charge in [-0.05, 0) is 18.8 Å². The molecule has 0 aliphatic heterocycles. The largest absolute Gasteiger partial charge is 0.334 e. The lowest BCUT2D eigenvalue weighted by Crippen LogP contribution is -2.25. The van der Waals surface area contributed by atoms with E-state index in [4.69, 9.17) is 0 Å². The van der Waals surface area contributed by atoms with Gasteiger partial charge >= 0.3 is 6.41 Å². The normalized spacial score (nSPS) is 10.6. The van der Waals surface area contributed by atoms with Gasteiger partial charge in [-0.3, -0.25) is 4.79 Å². The topological polar surface area (TPSA) is 20.3 Å². The first-order chi connectivity index (χ1) is 6.70. The fourth-order valence-corrected chi connectivity index (χ4v) is 1.35. The van der Waals surface area contributed by atoms with Crippen LogP contribution in [0.25, 0.3) is 0 Å². The highest BCUT2D eigenvalue weighted by Crippen LogP contribution is 2.04. The van der Waals surface area contributed by atoms with Gasteiger partial charge in [-0.15, -0.1) is 0 Å². The van der Waals surface area contributed by atoms with Crippen LogP contribution in [0.3, 0.4) is 0 Å². The van der Waals surface area contributed by atoms with Crippen molar-refractivity contribution in [1.29, 1.82) is 0 Å². The third-order valence-corrected chi connectivity index (χ3v) is 2.39. The molecule has 0 aliphatic carbocycles. The van der Waals surface area contributed by atoms with Crippen molar-refractivity contribution in [2.75, 3.05) is 13.1 Å². The Morgan fingerprint density at radius 2 is 1.86 bits per heavy atom. The van der Waals surface area contributed by atoms with E-state index in [1.165, 1.54) is 19.3 Å². The van der Waals surface area contributed by atoms with Crippen molar-refractivity contribution in [3.8, 4) is 0 Å². The summed E-state index contributed by atoms with van der Waals surface area (Å²) in [4.78, 5) is 12.4. The van der Waals surface area contributed by atoms with Crippen LogP contribution in [0.1, 0.15) is 52.9 Å². The molecule has 1 radical (unpaired) electrons. The number of rotatable bonds is 9. The van der Waals surface area contributed by atoms with Gasteiger partial charge in [0.05, 0.1) is 0 Å². The van der Waals surface area contributed by atoms with E-state index in [-0.39, 0.29) is 0 Å². The average molecular weight is 198 g/mol. The molecule has 1 amide bonds. The molecule has 0 rings (SSSR count). The summed E-state index contributed by atoms with van der Waals surface area (Å²) in [7, 11) is 0. The van der Waals surface area contributed by atoms with Gasteiger partial charge in [-0.25, -0.2) is 0 Å². The highest BCUT2D eigenvalue weighted by Gasteiger charge is 2.03. The van der Waals surface area contributed by atoms with E-state index in [0.717, 1.165) is 25.9 Å². The third kappa shape index (κ3) is 8.09. The fourth-order valence-electron chi connectivity index (χ4n) is 1.35. The summed E-state index contributed by atoms with van der Waals surface area (Å²) in [6.07, 6.45) is 7.98. The fraction of sp³-hybridized carbons (Fsp3) is 0.917. The van der Waals surface area contributed by atoms with Crippen LogP contribution < -0.4 is 0 Å². The van der Waals surface area contributed by atoms with Crippen LogP contribution in [-0.2, 0) is 4.79 Å². The van der Waals surface area contributed by atoms with Crippen molar-refractivity contribution in [1.82, 2.24) is 4.90 Å². The second-order valence-electron chi connectivity index (χ2n) is 4.32. The molecular formula is C12H24NO. The van der Waals surface area contributed by atoms with Gasteiger partial charge in [0, 0.05) is 13.1 Å². The molecule has 0 saturated carbocycles. The summed E-state index contributed by atoms with van der Waals surface area (Å²) in [6, 6.07) is 0. The average Bonchev–Trinajstić information content (AvgIpc) is 2.16. The summed E-state index contributed by atoms with van der Waals surface area (Å²) >= 11 is 0. The number of nitrogens with zero attached hydrogens (tertiary/aromatic N) is 1. The molecule has 2 nitrogen and oxygen atoms in total. The van der Waals surface area contributed by atoms with E-state index in [1.807, 2.05) is 6.41 Å². The first-order valence-corrected chi connectivity index (χ1v) is 5.83. The quantitative estimate of drug-likeness (QED) is 0.412. The molecule has 0 aromatic heterocycles. The molecule has 0 N–H and O–H groups in total. The number of hydrogen-bond acceptors (Lipinski definition) is 1.